The molecule has 0 aromatic heterocycles. The van der Waals surface area contributed by atoms with Crippen LogP contribution in [-0.4, -0.2) is 17.6 Å². The van der Waals surface area contributed by atoms with Crippen LogP contribution in [-0.2, 0) is 0 Å². The Hall–Kier alpha value is -0.0800. The molecule has 0 aromatic carbocycles. The van der Waals surface area contributed by atoms with Gasteiger partial charge in [0, 0.05) is 12.6 Å². The lowest BCUT2D eigenvalue weighted by Gasteiger charge is -2.59. The van der Waals surface area contributed by atoms with Gasteiger partial charge in [0.25, 0.3) is 0 Å². The molecule has 2 heteroatoms. The van der Waals surface area contributed by atoms with Crippen molar-refractivity contribution < 1.29 is 0 Å². The minimum atomic E-state index is 0.451. The van der Waals surface area contributed by atoms with Crippen LogP contribution in [0.2, 0.25) is 0 Å². The summed E-state index contributed by atoms with van der Waals surface area (Å²) in [6, 6.07) is 0.641. The van der Waals surface area contributed by atoms with Crippen molar-refractivity contribution in [3.8, 4) is 0 Å². The maximum atomic E-state index is 5.79. The summed E-state index contributed by atoms with van der Waals surface area (Å²) in [5.41, 5.74) is 0.451. The van der Waals surface area contributed by atoms with Gasteiger partial charge in [-0.2, -0.15) is 0 Å². The molecule has 0 aromatic rings. The van der Waals surface area contributed by atoms with Crippen LogP contribution in [0, 0.1) is 17.8 Å². The molecule has 2 bridgehead atoms. The van der Waals surface area contributed by atoms with E-state index in [9.17, 15) is 0 Å². The lowest BCUT2D eigenvalue weighted by atomic mass is 9.55. The van der Waals surface area contributed by atoms with Gasteiger partial charge in [-0.1, -0.05) is 13.8 Å². The molecule has 1 aliphatic carbocycles. The molecule has 2 nitrogen and oxygen atoms in total. The molecule has 10 heavy (non-hydrogen) atoms. The minimum absolute atomic E-state index is 0.451. The van der Waals surface area contributed by atoms with Crippen LogP contribution in [0.4, 0.5) is 0 Å². The van der Waals surface area contributed by atoms with Gasteiger partial charge in [0.1, 0.15) is 0 Å². The number of hydrogen-bond donors (Lipinski definition) is 1. The number of fused-ring (bicyclic) bond motifs is 2. The molecule has 2 saturated heterocycles. The molecule has 3 rings (SSSR count). The van der Waals surface area contributed by atoms with Crippen molar-refractivity contribution in [3.05, 3.63) is 6.42 Å². The lowest BCUT2D eigenvalue weighted by Crippen LogP contribution is -2.65. The third kappa shape index (κ3) is 0.611. The van der Waals surface area contributed by atoms with Gasteiger partial charge in [0.2, 0.25) is 0 Å². The van der Waals surface area contributed by atoms with Crippen LogP contribution in [0.5, 0.6) is 0 Å². The van der Waals surface area contributed by atoms with Gasteiger partial charge in [-0.15, -0.1) is 0 Å². The van der Waals surface area contributed by atoms with Crippen LogP contribution >= 0.6 is 0 Å². The highest BCUT2D eigenvalue weighted by atomic mass is 15.4. The van der Waals surface area contributed by atoms with E-state index in [0.717, 1.165) is 12.5 Å². The van der Waals surface area contributed by atoms with E-state index in [1.54, 1.807) is 0 Å². The Morgan fingerprint density at radius 1 is 1.60 bits per heavy atom. The zero-order valence-corrected chi connectivity index (χ0v) is 6.67. The predicted molar refractivity (Wildman–Crippen MR) is 40.9 cm³/mol. The van der Waals surface area contributed by atoms with E-state index in [1.165, 1.54) is 6.42 Å². The summed E-state index contributed by atoms with van der Waals surface area (Å²) in [5, 5.41) is 1.97. The molecule has 0 spiro atoms. The second-order valence-electron chi connectivity index (χ2n) is 4.11. The standard InChI is InChI=1S/C8H15N2/c1-8(2)6-3-4-10(9)7(8)5-6/h3,6-7H,4-5,9H2,1-2H3. The highest BCUT2D eigenvalue weighted by molar-refractivity contribution is 5.11. The Morgan fingerprint density at radius 2 is 2.30 bits per heavy atom. The third-order valence-corrected chi connectivity index (χ3v) is 3.29. The Kier molecular flexibility index (Phi) is 1.15. The first kappa shape index (κ1) is 6.62. The molecule has 2 unspecified atom stereocenters. The van der Waals surface area contributed by atoms with Crippen LogP contribution < -0.4 is 5.84 Å². The predicted octanol–water partition coefficient (Wildman–Crippen LogP) is 0.795. The van der Waals surface area contributed by atoms with E-state index >= 15 is 0 Å². The summed E-state index contributed by atoms with van der Waals surface area (Å²) in [6.45, 7) is 5.60. The van der Waals surface area contributed by atoms with Crippen molar-refractivity contribution in [2.24, 2.45) is 17.2 Å². The maximum absolute atomic E-state index is 5.79. The highest BCUT2D eigenvalue weighted by Gasteiger charge is 2.53. The Morgan fingerprint density at radius 3 is 2.60 bits per heavy atom. The van der Waals surface area contributed by atoms with E-state index in [4.69, 9.17) is 5.84 Å². The van der Waals surface area contributed by atoms with E-state index in [1.807, 2.05) is 5.01 Å². The number of nitrogens with two attached hydrogens (primary N) is 1. The van der Waals surface area contributed by atoms with Crippen molar-refractivity contribution in [2.45, 2.75) is 26.3 Å². The second-order valence-corrected chi connectivity index (χ2v) is 4.11. The van der Waals surface area contributed by atoms with Crippen molar-refractivity contribution >= 4 is 0 Å². The van der Waals surface area contributed by atoms with Crippen LogP contribution in [0.25, 0.3) is 0 Å². The topological polar surface area (TPSA) is 29.3 Å². The Balaban J connectivity index is 2.16. The lowest BCUT2D eigenvalue weighted by molar-refractivity contribution is -0.0816. The zero-order valence-electron chi connectivity index (χ0n) is 6.67. The summed E-state index contributed by atoms with van der Waals surface area (Å²) in [4.78, 5) is 0. The van der Waals surface area contributed by atoms with Crippen molar-refractivity contribution in [2.75, 3.05) is 6.54 Å². The quantitative estimate of drug-likeness (QED) is 0.503. The normalized spacial score (nSPS) is 44.7. The first-order valence-corrected chi connectivity index (χ1v) is 3.97. The van der Waals surface area contributed by atoms with Crippen molar-refractivity contribution in [1.29, 1.82) is 0 Å². The van der Waals surface area contributed by atoms with Gasteiger partial charge < -0.3 is 0 Å². The molecule has 0 amide bonds. The summed E-state index contributed by atoms with van der Waals surface area (Å²) in [6.07, 6.45) is 3.63. The minimum Gasteiger partial charge on any atom is -0.269 e. The third-order valence-electron chi connectivity index (χ3n) is 3.29. The average molecular weight is 139 g/mol. The zero-order chi connectivity index (χ0) is 7.35. The molecule has 57 valence electrons. The largest absolute Gasteiger partial charge is 0.269 e. The van der Waals surface area contributed by atoms with Crippen LogP contribution in [0.1, 0.15) is 20.3 Å². The molecule has 2 heterocycles. The summed E-state index contributed by atoms with van der Waals surface area (Å²) < 4.78 is 0. The molecule has 2 aliphatic heterocycles. The fraction of sp³-hybridized carbons (Fsp3) is 0.875. The molecule has 3 fully saturated rings. The van der Waals surface area contributed by atoms with E-state index in [0.29, 0.717) is 11.5 Å². The van der Waals surface area contributed by atoms with Gasteiger partial charge in [0.15, 0.2) is 0 Å². The number of rotatable bonds is 0. The highest BCUT2D eigenvalue weighted by Crippen LogP contribution is 2.52. The van der Waals surface area contributed by atoms with Gasteiger partial charge in [-0.3, -0.25) is 5.84 Å². The molecule has 2 N–H and O–H groups in total. The van der Waals surface area contributed by atoms with Crippen molar-refractivity contribution in [3.63, 3.8) is 0 Å². The van der Waals surface area contributed by atoms with E-state index < -0.39 is 0 Å². The van der Waals surface area contributed by atoms with Gasteiger partial charge in [-0.05, 0) is 24.2 Å². The monoisotopic (exact) mass is 139 g/mol. The summed E-state index contributed by atoms with van der Waals surface area (Å²) in [5.74, 6) is 6.62. The fourth-order valence-electron chi connectivity index (χ4n) is 2.27. The SMILES string of the molecule is CC1(C)C2[CH]CN(N)C1C2. The molecular formula is C8H15N2. The molecular weight excluding hydrogens is 124 g/mol. The fourth-order valence-corrected chi connectivity index (χ4v) is 2.27. The molecule has 1 saturated carbocycles. The van der Waals surface area contributed by atoms with Gasteiger partial charge in [0.05, 0.1) is 0 Å². The summed E-state index contributed by atoms with van der Waals surface area (Å²) in [7, 11) is 0. The molecule has 1 radical (unpaired) electrons. The number of piperidine rings is 2. The van der Waals surface area contributed by atoms with Gasteiger partial charge in [-0.25, -0.2) is 5.01 Å². The Bertz CT molecular complexity index is 151. The van der Waals surface area contributed by atoms with Crippen LogP contribution in [0.3, 0.4) is 0 Å². The Labute approximate surface area is 62.4 Å². The number of hydrogen-bond acceptors (Lipinski definition) is 2. The number of nitrogens with zero attached hydrogens (tertiary/aromatic N) is 1. The molecule has 2 atom stereocenters. The summed E-state index contributed by atoms with van der Waals surface area (Å²) >= 11 is 0. The smallest absolute Gasteiger partial charge is 0.0298 e. The van der Waals surface area contributed by atoms with E-state index in [-0.39, 0.29) is 0 Å². The second kappa shape index (κ2) is 1.74. The maximum Gasteiger partial charge on any atom is 0.0298 e. The van der Waals surface area contributed by atoms with Gasteiger partial charge >= 0.3 is 0 Å². The van der Waals surface area contributed by atoms with Crippen LogP contribution in [0.15, 0.2) is 0 Å². The van der Waals surface area contributed by atoms with Crippen molar-refractivity contribution in [1.82, 2.24) is 5.01 Å². The first-order chi connectivity index (χ1) is 4.62. The first-order valence-electron chi connectivity index (χ1n) is 3.97. The van der Waals surface area contributed by atoms with E-state index in [2.05, 4.69) is 20.3 Å². The average Bonchev–Trinajstić information content (AvgIpc) is 1.87. The number of hydrazine groups is 1. The molecule has 3 aliphatic rings.